The molecular weight excluding hydrogens is 280 g/mol. The molecule has 0 fully saturated rings. The summed E-state index contributed by atoms with van der Waals surface area (Å²) in [6.07, 6.45) is 0. The Balaban J connectivity index is 2.48. The molecule has 1 rings (SSSR count). The minimum absolute atomic E-state index is 0.0904. The number of hydrogen-bond donors (Lipinski definition) is 2. The lowest BCUT2D eigenvalue weighted by atomic mass is 10.1. The van der Waals surface area contributed by atoms with Gasteiger partial charge >= 0.3 is 5.97 Å². The largest absolute Gasteiger partial charge is 0.481 e. The molecular formula is C13H16N2O4S. The van der Waals surface area contributed by atoms with E-state index in [1.165, 1.54) is 4.90 Å². The van der Waals surface area contributed by atoms with Gasteiger partial charge in [-0.3, -0.25) is 14.4 Å². The molecule has 1 aromatic rings. The SMILES string of the molecule is CN(Cc1ccc(C(N)=O)cc1)C(=O)CSCC(=O)O. The summed E-state index contributed by atoms with van der Waals surface area (Å²) in [5.74, 6) is -1.54. The average molecular weight is 296 g/mol. The van der Waals surface area contributed by atoms with Crippen LogP contribution in [0.4, 0.5) is 0 Å². The molecule has 7 heteroatoms. The van der Waals surface area contributed by atoms with Crippen molar-refractivity contribution >= 4 is 29.5 Å². The highest BCUT2D eigenvalue weighted by Gasteiger charge is 2.10. The van der Waals surface area contributed by atoms with E-state index in [9.17, 15) is 14.4 Å². The van der Waals surface area contributed by atoms with Gasteiger partial charge in [-0.25, -0.2) is 0 Å². The molecule has 3 N–H and O–H groups in total. The van der Waals surface area contributed by atoms with Crippen molar-refractivity contribution < 1.29 is 19.5 Å². The van der Waals surface area contributed by atoms with E-state index in [1.807, 2.05) is 0 Å². The zero-order chi connectivity index (χ0) is 15.1. The Labute approximate surface area is 120 Å². The van der Waals surface area contributed by atoms with Crippen LogP contribution < -0.4 is 5.73 Å². The maximum Gasteiger partial charge on any atom is 0.313 e. The molecule has 108 valence electrons. The van der Waals surface area contributed by atoms with Gasteiger partial charge in [-0.15, -0.1) is 11.8 Å². The number of benzene rings is 1. The average Bonchev–Trinajstić information content (AvgIpc) is 2.38. The number of carbonyl (C=O) groups excluding carboxylic acids is 2. The first kappa shape index (κ1) is 16.0. The lowest BCUT2D eigenvalue weighted by Gasteiger charge is -2.17. The molecule has 0 radical (unpaired) electrons. The smallest absolute Gasteiger partial charge is 0.313 e. The van der Waals surface area contributed by atoms with Gasteiger partial charge in [0.05, 0.1) is 11.5 Å². The molecule has 2 amide bonds. The molecule has 0 aliphatic heterocycles. The van der Waals surface area contributed by atoms with Crippen molar-refractivity contribution in [3.8, 4) is 0 Å². The Morgan fingerprint density at radius 2 is 1.80 bits per heavy atom. The Morgan fingerprint density at radius 1 is 1.20 bits per heavy atom. The molecule has 0 aliphatic carbocycles. The highest BCUT2D eigenvalue weighted by atomic mass is 32.2. The lowest BCUT2D eigenvalue weighted by molar-refractivity contribution is -0.133. The molecule has 0 atom stereocenters. The molecule has 0 aliphatic rings. The van der Waals surface area contributed by atoms with Crippen LogP contribution in [-0.2, 0) is 16.1 Å². The van der Waals surface area contributed by atoms with Crippen molar-refractivity contribution in [3.63, 3.8) is 0 Å². The fraction of sp³-hybridized carbons (Fsp3) is 0.308. The molecule has 0 aromatic heterocycles. The highest BCUT2D eigenvalue weighted by Crippen LogP contribution is 2.08. The van der Waals surface area contributed by atoms with E-state index in [-0.39, 0.29) is 17.4 Å². The summed E-state index contributed by atoms with van der Waals surface area (Å²) in [6.45, 7) is 0.394. The first-order chi connectivity index (χ1) is 9.40. The zero-order valence-electron chi connectivity index (χ0n) is 11.0. The van der Waals surface area contributed by atoms with Crippen LogP contribution in [0.2, 0.25) is 0 Å². The zero-order valence-corrected chi connectivity index (χ0v) is 11.9. The van der Waals surface area contributed by atoms with Gasteiger partial charge in [-0.2, -0.15) is 0 Å². The van der Waals surface area contributed by atoms with Gasteiger partial charge in [0.15, 0.2) is 0 Å². The van der Waals surface area contributed by atoms with Crippen molar-refractivity contribution in [3.05, 3.63) is 35.4 Å². The predicted molar refractivity (Wildman–Crippen MR) is 76.4 cm³/mol. The third-order valence-corrected chi connectivity index (χ3v) is 3.44. The standard InChI is InChI=1S/C13H16N2O4S/c1-15(11(16)7-20-8-12(17)18)6-9-2-4-10(5-3-9)13(14)19/h2-5H,6-8H2,1H3,(H2,14,19)(H,17,18). The summed E-state index contributed by atoms with van der Waals surface area (Å²) in [6, 6.07) is 6.67. The van der Waals surface area contributed by atoms with Crippen molar-refractivity contribution in [1.82, 2.24) is 4.90 Å². The van der Waals surface area contributed by atoms with E-state index in [0.717, 1.165) is 17.3 Å². The minimum atomic E-state index is -0.938. The Bertz CT molecular complexity index is 502. The number of aliphatic carboxylic acids is 1. The molecule has 0 unspecified atom stereocenters. The van der Waals surface area contributed by atoms with E-state index in [1.54, 1.807) is 31.3 Å². The van der Waals surface area contributed by atoms with E-state index in [0.29, 0.717) is 12.1 Å². The summed E-state index contributed by atoms with van der Waals surface area (Å²) in [7, 11) is 1.64. The van der Waals surface area contributed by atoms with Gasteiger partial charge in [0.1, 0.15) is 0 Å². The Morgan fingerprint density at radius 3 is 2.30 bits per heavy atom. The second-order valence-corrected chi connectivity index (χ2v) is 5.18. The monoisotopic (exact) mass is 296 g/mol. The molecule has 1 aromatic carbocycles. The van der Waals surface area contributed by atoms with Gasteiger partial charge in [-0.1, -0.05) is 12.1 Å². The van der Waals surface area contributed by atoms with Crippen LogP contribution >= 0.6 is 11.8 Å². The van der Waals surface area contributed by atoms with Gasteiger partial charge < -0.3 is 15.7 Å². The van der Waals surface area contributed by atoms with Crippen molar-refractivity contribution in [2.75, 3.05) is 18.6 Å². The molecule has 0 spiro atoms. The lowest BCUT2D eigenvalue weighted by Crippen LogP contribution is -2.28. The summed E-state index contributed by atoms with van der Waals surface area (Å²) in [4.78, 5) is 34.5. The maximum absolute atomic E-state index is 11.7. The number of thioether (sulfide) groups is 1. The number of rotatable bonds is 7. The molecule has 0 saturated heterocycles. The molecule has 20 heavy (non-hydrogen) atoms. The van der Waals surface area contributed by atoms with Gasteiger partial charge in [-0.05, 0) is 17.7 Å². The van der Waals surface area contributed by atoms with Gasteiger partial charge in [0, 0.05) is 19.2 Å². The maximum atomic E-state index is 11.7. The topological polar surface area (TPSA) is 101 Å². The quantitative estimate of drug-likeness (QED) is 0.765. The first-order valence-electron chi connectivity index (χ1n) is 5.82. The summed E-state index contributed by atoms with van der Waals surface area (Å²) in [5.41, 5.74) is 6.42. The Hall–Kier alpha value is -2.02. The van der Waals surface area contributed by atoms with Crippen molar-refractivity contribution in [2.24, 2.45) is 5.73 Å². The minimum Gasteiger partial charge on any atom is -0.481 e. The van der Waals surface area contributed by atoms with Crippen LogP contribution in [0.1, 0.15) is 15.9 Å². The van der Waals surface area contributed by atoms with Crippen molar-refractivity contribution in [2.45, 2.75) is 6.54 Å². The van der Waals surface area contributed by atoms with Crippen LogP contribution in [0.5, 0.6) is 0 Å². The number of nitrogens with two attached hydrogens (primary N) is 1. The van der Waals surface area contributed by atoms with Crippen LogP contribution in [0.25, 0.3) is 0 Å². The summed E-state index contributed by atoms with van der Waals surface area (Å²) < 4.78 is 0. The first-order valence-corrected chi connectivity index (χ1v) is 6.98. The third-order valence-electron chi connectivity index (χ3n) is 2.54. The number of carboxylic acids is 1. The van der Waals surface area contributed by atoms with Crippen LogP contribution in [0, 0.1) is 0 Å². The molecule has 0 bridgehead atoms. The normalized spacial score (nSPS) is 10.1. The number of carboxylic acid groups (broad SMARTS) is 1. The van der Waals surface area contributed by atoms with Crippen LogP contribution in [0.15, 0.2) is 24.3 Å². The van der Waals surface area contributed by atoms with Gasteiger partial charge in [0.2, 0.25) is 11.8 Å². The number of amides is 2. The number of nitrogens with zero attached hydrogens (tertiary/aromatic N) is 1. The molecule has 0 heterocycles. The number of carbonyl (C=O) groups is 3. The van der Waals surface area contributed by atoms with Crippen molar-refractivity contribution in [1.29, 1.82) is 0 Å². The van der Waals surface area contributed by atoms with E-state index in [4.69, 9.17) is 10.8 Å². The molecule has 6 nitrogen and oxygen atoms in total. The third kappa shape index (κ3) is 5.31. The van der Waals surface area contributed by atoms with E-state index >= 15 is 0 Å². The summed E-state index contributed by atoms with van der Waals surface area (Å²) >= 11 is 1.06. The Kier molecular flexibility index (Phi) is 6.05. The van der Waals surface area contributed by atoms with E-state index in [2.05, 4.69) is 0 Å². The highest BCUT2D eigenvalue weighted by molar-refractivity contribution is 8.00. The van der Waals surface area contributed by atoms with Gasteiger partial charge in [0.25, 0.3) is 0 Å². The fourth-order valence-electron chi connectivity index (χ4n) is 1.47. The molecule has 0 saturated carbocycles. The van der Waals surface area contributed by atoms with E-state index < -0.39 is 11.9 Å². The summed E-state index contributed by atoms with van der Waals surface area (Å²) in [5, 5.41) is 8.49. The predicted octanol–water partition coefficient (Wildman–Crippen LogP) is 0.562. The van der Waals surface area contributed by atoms with Crippen LogP contribution in [0.3, 0.4) is 0 Å². The number of hydrogen-bond acceptors (Lipinski definition) is 4. The number of primary amides is 1. The fourth-order valence-corrected chi connectivity index (χ4v) is 2.14. The second-order valence-electron chi connectivity index (χ2n) is 4.20. The second kappa shape index (κ2) is 7.54. The van der Waals surface area contributed by atoms with Crippen LogP contribution in [-0.4, -0.2) is 46.3 Å².